The van der Waals surface area contributed by atoms with Crippen LogP contribution in [0.25, 0.3) is 0 Å². The van der Waals surface area contributed by atoms with Crippen molar-refractivity contribution in [3.63, 3.8) is 0 Å². The van der Waals surface area contributed by atoms with Gasteiger partial charge in [0, 0.05) is 0 Å². The third kappa shape index (κ3) is 2.41. The molecule has 7 heteroatoms. The van der Waals surface area contributed by atoms with Crippen LogP contribution in [-0.2, 0) is 4.79 Å². The number of nitriles is 4. The maximum Gasteiger partial charge on any atom is 1.00 e. The predicted octanol–water partition coefficient (Wildman–Crippen LogP) is -2.94. The number of nitrogens with zero attached hydrogens (tertiary/aromatic N) is 4. The second-order valence-corrected chi connectivity index (χ2v) is 2.63. The summed E-state index contributed by atoms with van der Waals surface area (Å²) in [5.74, 6) is -3.70. The molecule has 0 spiro atoms. The van der Waals surface area contributed by atoms with Gasteiger partial charge in [0.1, 0.15) is 29.6 Å². The van der Waals surface area contributed by atoms with Crippen LogP contribution in [0.5, 0.6) is 0 Å². The van der Waals surface area contributed by atoms with Crippen molar-refractivity contribution in [2.75, 3.05) is 0 Å². The molecule has 0 unspecified atom stereocenters. The molecule has 6 nitrogen and oxygen atoms in total. The molecule has 0 aromatic carbocycles. The van der Waals surface area contributed by atoms with Gasteiger partial charge in [0.25, 0.3) is 0 Å². The Balaban J connectivity index is 0.00000256. The maximum absolute atomic E-state index is 10.8. The third-order valence-electron chi connectivity index (χ3n) is 1.91. The fourth-order valence-electron chi connectivity index (χ4n) is 1.29. The molecule has 1 rings (SSSR count). The van der Waals surface area contributed by atoms with Gasteiger partial charge in [-0.2, -0.15) is 21.0 Å². The first kappa shape index (κ1) is 15.4. The number of aliphatic carboxylic acids is 1. The molecule has 5 radical (unpaired) electrons. The molecule has 0 amide bonds. The van der Waals surface area contributed by atoms with Crippen molar-refractivity contribution < 1.29 is 39.5 Å². The molecule has 1 aliphatic carbocycles. The molecule has 0 saturated heterocycles. The third-order valence-corrected chi connectivity index (χ3v) is 1.91. The summed E-state index contributed by atoms with van der Waals surface area (Å²) in [7, 11) is 0. The van der Waals surface area contributed by atoms with Crippen LogP contribution in [0.15, 0.2) is 0 Å². The minimum Gasteiger partial charge on any atom is -0.481 e. The van der Waals surface area contributed by atoms with Gasteiger partial charge in [0.05, 0.1) is 24.3 Å². The average molecular weight is 232 g/mol. The number of hydrogen-bond acceptors (Lipinski definition) is 5. The van der Waals surface area contributed by atoms with Gasteiger partial charge in [-0.15, -0.1) is 0 Å². The Kier molecular flexibility index (Phi) is 5.66. The summed E-state index contributed by atoms with van der Waals surface area (Å²) in [5.41, 5.74) is 0. The van der Waals surface area contributed by atoms with E-state index in [1.807, 2.05) is 0 Å². The topological polar surface area (TPSA) is 132 Å². The number of rotatable bonds is 1. The minimum absolute atomic E-state index is 0. The van der Waals surface area contributed by atoms with E-state index in [0.29, 0.717) is 0 Å². The predicted molar refractivity (Wildman–Crippen MR) is 46.3 cm³/mol. The quantitative estimate of drug-likeness (QED) is 0.480. The SMILES string of the molecule is N#C[C]1[C](C#N)[C](C#N)[C](C(=O)O)[C]1C#N.[Na+]. The van der Waals surface area contributed by atoms with Crippen molar-refractivity contribution in [2.24, 2.45) is 0 Å². The van der Waals surface area contributed by atoms with Crippen molar-refractivity contribution in [3.8, 4) is 24.3 Å². The number of carboxylic acid groups (broad SMARTS) is 1. The van der Waals surface area contributed by atoms with Crippen molar-refractivity contribution in [3.05, 3.63) is 29.6 Å². The van der Waals surface area contributed by atoms with Crippen LogP contribution >= 0.6 is 0 Å². The van der Waals surface area contributed by atoms with E-state index in [4.69, 9.17) is 26.2 Å². The van der Waals surface area contributed by atoms with Crippen molar-refractivity contribution in [1.29, 1.82) is 21.0 Å². The van der Waals surface area contributed by atoms with Crippen molar-refractivity contribution in [1.82, 2.24) is 0 Å². The Morgan fingerprint density at radius 3 is 1.29 bits per heavy atom. The summed E-state index contributed by atoms with van der Waals surface area (Å²) in [6.45, 7) is 0. The second kappa shape index (κ2) is 6.24. The first-order valence-electron chi connectivity index (χ1n) is 3.82. The van der Waals surface area contributed by atoms with Crippen LogP contribution in [0, 0.1) is 74.9 Å². The Morgan fingerprint density at radius 2 is 1.12 bits per heavy atom. The molecule has 1 aliphatic rings. The van der Waals surface area contributed by atoms with E-state index in [9.17, 15) is 4.79 Å². The molecule has 0 aliphatic heterocycles. The summed E-state index contributed by atoms with van der Waals surface area (Å²) in [6, 6.07) is 6.15. The minimum atomic E-state index is -1.51. The molecular formula is C10HN4NaO2+. The summed E-state index contributed by atoms with van der Waals surface area (Å²) in [4.78, 5) is 10.8. The first-order chi connectivity index (χ1) is 7.62. The van der Waals surface area contributed by atoms with E-state index in [2.05, 4.69) is 0 Å². The van der Waals surface area contributed by atoms with Gasteiger partial charge in [-0.05, 0) is 0 Å². The monoisotopic (exact) mass is 232 g/mol. The molecule has 0 aromatic heterocycles. The smallest absolute Gasteiger partial charge is 0.481 e. The Hall–Kier alpha value is -1.57. The summed E-state index contributed by atoms with van der Waals surface area (Å²) >= 11 is 0. The fourth-order valence-corrected chi connectivity index (χ4v) is 1.29. The molecule has 1 fully saturated rings. The molecule has 1 saturated carbocycles. The fraction of sp³-hybridized carbons (Fsp3) is 0. The molecule has 1 N–H and O–H groups in total. The van der Waals surface area contributed by atoms with Gasteiger partial charge in [0.15, 0.2) is 0 Å². The van der Waals surface area contributed by atoms with Gasteiger partial charge in [-0.3, -0.25) is 4.79 Å². The van der Waals surface area contributed by atoms with Gasteiger partial charge >= 0.3 is 35.5 Å². The standard InChI is InChI=1S/C10HN4O2.Na/c11-1-5-6(2-12)8(4-14)9(10(15)16)7(5)3-13;/h(H,15,16);/q;+1. The van der Waals surface area contributed by atoms with Crippen molar-refractivity contribution in [2.45, 2.75) is 0 Å². The summed E-state index contributed by atoms with van der Waals surface area (Å²) in [6.07, 6.45) is 0. The van der Waals surface area contributed by atoms with E-state index in [1.54, 1.807) is 12.1 Å². The van der Waals surface area contributed by atoms with Gasteiger partial charge < -0.3 is 5.11 Å². The van der Waals surface area contributed by atoms with E-state index < -0.39 is 23.7 Å². The zero-order chi connectivity index (χ0) is 12.3. The van der Waals surface area contributed by atoms with Crippen LogP contribution in [0.4, 0.5) is 0 Å². The van der Waals surface area contributed by atoms with Crippen LogP contribution in [0.3, 0.4) is 0 Å². The number of hydrogen-bond donors (Lipinski definition) is 1. The van der Waals surface area contributed by atoms with Gasteiger partial charge in [-0.25, -0.2) is 0 Å². The molecule has 17 heavy (non-hydrogen) atoms. The van der Waals surface area contributed by atoms with E-state index >= 15 is 0 Å². The summed E-state index contributed by atoms with van der Waals surface area (Å²) < 4.78 is 0. The molecule has 0 atom stereocenters. The van der Waals surface area contributed by atoms with Gasteiger partial charge in [0.2, 0.25) is 0 Å². The van der Waals surface area contributed by atoms with Crippen LogP contribution < -0.4 is 29.6 Å². The van der Waals surface area contributed by atoms with Crippen LogP contribution in [0.1, 0.15) is 0 Å². The molecular weight excluding hydrogens is 231 g/mol. The van der Waals surface area contributed by atoms with E-state index in [0.717, 1.165) is 0 Å². The maximum atomic E-state index is 10.8. The van der Waals surface area contributed by atoms with Crippen LogP contribution in [-0.4, -0.2) is 11.1 Å². The average Bonchev–Trinajstić information content (AvgIpc) is 2.60. The Labute approximate surface area is 120 Å². The van der Waals surface area contributed by atoms with Gasteiger partial charge in [-0.1, -0.05) is 0 Å². The zero-order valence-corrected chi connectivity index (χ0v) is 10.6. The first-order valence-corrected chi connectivity index (χ1v) is 3.82. The molecule has 0 bridgehead atoms. The molecule has 73 valence electrons. The second-order valence-electron chi connectivity index (χ2n) is 2.63. The molecule has 0 heterocycles. The van der Waals surface area contributed by atoms with E-state index in [-0.39, 0.29) is 41.4 Å². The van der Waals surface area contributed by atoms with Crippen LogP contribution in [0.2, 0.25) is 0 Å². The van der Waals surface area contributed by atoms with E-state index in [1.165, 1.54) is 12.1 Å². The number of carboxylic acids is 1. The molecule has 0 aromatic rings. The zero-order valence-electron chi connectivity index (χ0n) is 8.64. The number of carbonyl (C=O) groups is 1. The van der Waals surface area contributed by atoms with Crippen molar-refractivity contribution >= 4 is 5.97 Å². The normalized spacial score (nSPS) is 18.4. The summed E-state index contributed by atoms with van der Waals surface area (Å²) in [5, 5.41) is 43.7. The largest absolute Gasteiger partial charge is 1.00 e. The Bertz CT molecular complexity index is 440. The Morgan fingerprint density at radius 1 is 0.824 bits per heavy atom.